The number of unbranched alkanes of at least 4 members (excludes halogenated alkanes) is 3. The van der Waals surface area contributed by atoms with E-state index in [-0.39, 0.29) is 16.4 Å². The summed E-state index contributed by atoms with van der Waals surface area (Å²) in [7, 11) is 0. The predicted molar refractivity (Wildman–Crippen MR) is 84.0 cm³/mol. The van der Waals surface area contributed by atoms with Crippen LogP contribution in [0.25, 0.3) is 10.2 Å². The molecule has 8 heteroatoms. The van der Waals surface area contributed by atoms with Gasteiger partial charge >= 0.3 is 5.69 Å². The Labute approximate surface area is 131 Å². The molecule has 0 atom stereocenters. The number of hydrogen-bond acceptors (Lipinski definition) is 7. The molecule has 7 nitrogen and oxygen atoms in total. The monoisotopic (exact) mass is 320 g/mol. The third kappa shape index (κ3) is 3.69. The number of aromatic nitrogens is 1. The van der Waals surface area contributed by atoms with E-state index in [0.29, 0.717) is 23.4 Å². The maximum Gasteiger partial charge on any atom is 0.330 e. The predicted octanol–water partition coefficient (Wildman–Crippen LogP) is 2.97. The lowest BCUT2D eigenvalue weighted by atomic mass is 10.2. The number of hydrogen-bond donors (Lipinski definition) is 1. The molecule has 0 fully saturated rings. The summed E-state index contributed by atoms with van der Waals surface area (Å²) in [6, 6.07) is 5.09. The lowest BCUT2D eigenvalue weighted by Gasteiger charge is -2.06. The Hall–Kier alpha value is -2.24. The van der Waals surface area contributed by atoms with Crippen molar-refractivity contribution in [1.29, 1.82) is 5.26 Å². The molecule has 0 unspecified atom stereocenters. The zero-order valence-electron chi connectivity index (χ0n) is 11.9. The van der Waals surface area contributed by atoms with Crippen LogP contribution in [-0.2, 0) is 0 Å². The fraction of sp³-hybridized carbons (Fsp3) is 0.429. The topological polar surface area (TPSA) is 115 Å². The van der Waals surface area contributed by atoms with Crippen LogP contribution in [0.4, 0.5) is 5.69 Å². The fourth-order valence-electron chi connectivity index (χ4n) is 2.08. The smallest absolute Gasteiger partial charge is 0.330 e. The first-order valence-electron chi connectivity index (χ1n) is 6.98. The van der Waals surface area contributed by atoms with Gasteiger partial charge in [0.25, 0.3) is 0 Å². The highest BCUT2D eigenvalue weighted by molar-refractivity contribution is 7.19. The highest BCUT2D eigenvalue weighted by Crippen LogP contribution is 2.38. The molecule has 0 radical (unpaired) electrons. The van der Waals surface area contributed by atoms with Crippen LogP contribution in [0.1, 0.15) is 30.7 Å². The van der Waals surface area contributed by atoms with E-state index in [2.05, 4.69) is 4.98 Å². The van der Waals surface area contributed by atoms with Crippen LogP contribution < -0.4 is 10.5 Å². The van der Waals surface area contributed by atoms with E-state index in [1.54, 1.807) is 12.1 Å². The lowest BCUT2D eigenvalue weighted by Crippen LogP contribution is -2.02. The summed E-state index contributed by atoms with van der Waals surface area (Å²) in [5.74, 6) is 0.226. The van der Waals surface area contributed by atoms with Crippen LogP contribution in [0.2, 0.25) is 0 Å². The van der Waals surface area contributed by atoms with E-state index in [1.807, 2.05) is 6.07 Å². The summed E-state index contributed by atoms with van der Waals surface area (Å²) in [6.07, 6.45) is 3.80. The summed E-state index contributed by atoms with van der Waals surface area (Å²) in [6.45, 7) is 1.09. The molecule has 2 N–H and O–H groups in total. The molecule has 0 bridgehead atoms. The number of ether oxygens (including phenoxy) is 1. The average molecular weight is 320 g/mol. The molecular weight excluding hydrogens is 304 g/mol. The van der Waals surface area contributed by atoms with Crippen molar-refractivity contribution in [2.45, 2.75) is 25.7 Å². The molecule has 22 heavy (non-hydrogen) atoms. The quantitative estimate of drug-likeness (QED) is 0.454. The second-order valence-electron chi connectivity index (χ2n) is 4.70. The number of nitrogens with zero attached hydrogens (tertiary/aromatic N) is 3. The maximum absolute atomic E-state index is 11.3. The molecule has 116 valence electrons. The molecule has 0 saturated heterocycles. The van der Waals surface area contributed by atoms with Gasteiger partial charge in [-0.05, 0) is 31.5 Å². The van der Waals surface area contributed by atoms with Gasteiger partial charge in [0, 0.05) is 0 Å². The molecule has 0 aliphatic carbocycles. The maximum atomic E-state index is 11.3. The number of thiazole rings is 1. The number of nitro benzene ring substituents is 1. The molecule has 1 aromatic heterocycles. The molecule has 0 spiro atoms. The van der Waals surface area contributed by atoms with E-state index in [1.165, 1.54) is 0 Å². The molecule has 1 aromatic carbocycles. The highest BCUT2D eigenvalue weighted by Gasteiger charge is 2.23. The summed E-state index contributed by atoms with van der Waals surface area (Å²) in [5, 5.41) is 20.4. The molecule has 1 heterocycles. The summed E-state index contributed by atoms with van der Waals surface area (Å²) < 4.78 is 5.93. The molecular formula is C14H16N4O3S. The van der Waals surface area contributed by atoms with E-state index >= 15 is 0 Å². The number of nitro groups is 1. The van der Waals surface area contributed by atoms with Gasteiger partial charge in [-0.15, -0.1) is 0 Å². The second kappa shape index (κ2) is 7.68. The van der Waals surface area contributed by atoms with Gasteiger partial charge in [0.2, 0.25) is 0 Å². The van der Waals surface area contributed by atoms with Crippen molar-refractivity contribution in [2.24, 2.45) is 5.73 Å². The van der Waals surface area contributed by atoms with E-state index in [0.717, 1.165) is 37.0 Å². The molecule has 2 aromatic rings. The number of rotatable bonds is 8. The van der Waals surface area contributed by atoms with Crippen LogP contribution in [0, 0.1) is 21.4 Å². The summed E-state index contributed by atoms with van der Waals surface area (Å²) in [5.41, 5.74) is 5.76. The van der Waals surface area contributed by atoms with E-state index in [9.17, 15) is 10.1 Å². The standard InChI is InChI=1S/C14H16N4O3S/c15-7-3-1-2-4-8-21-11-6-5-10-14(13(11)18(19)20)22-12(9-16)17-10/h5-6H,1-4,7-8,15H2. The first kappa shape index (κ1) is 16.1. The van der Waals surface area contributed by atoms with Gasteiger partial charge in [-0.3, -0.25) is 10.1 Å². The Morgan fingerprint density at radius 1 is 1.36 bits per heavy atom. The molecule has 0 aliphatic heterocycles. The van der Waals surface area contributed by atoms with Crippen molar-refractivity contribution in [3.63, 3.8) is 0 Å². The molecule has 2 rings (SSSR count). The normalized spacial score (nSPS) is 10.5. The van der Waals surface area contributed by atoms with Gasteiger partial charge in [0.1, 0.15) is 10.8 Å². The first-order valence-corrected chi connectivity index (χ1v) is 7.80. The second-order valence-corrected chi connectivity index (χ2v) is 5.70. The van der Waals surface area contributed by atoms with Crippen LogP contribution >= 0.6 is 11.3 Å². The molecule has 0 saturated carbocycles. The lowest BCUT2D eigenvalue weighted by molar-refractivity contribution is -0.383. The van der Waals surface area contributed by atoms with Gasteiger partial charge < -0.3 is 10.5 Å². The van der Waals surface area contributed by atoms with Crippen molar-refractivity contribution >= 4 is 27.2 Å². The van der Waals surface area contributed by atoms with Crippen LogP contribution in [0.5, 0.6) is 5.75 Å². The van der Waals surface area contributed by atoms with Gasteiger partial charge in [0.15, 0.2) is 10.8 Å². The molecule has 0 amide bonds. The minimum Gasteiger partial charge on any atom is -0.487 e. The van der Waals surface area contributed by atoms with Crippen molar-refractivity contribution in [3.8, 4) is 11.8 Å². The first-order chi connectivity index (χ1) is 10.7. The van der Waals surface area contributed by atoms with Crippen molar-refractivity contribution in [1.82, 2.24) is 4.98 Å². The van der Waals surface area contributed by atoms with Crippen LogP contribution in [0.15, 0.2) is 12.1 Å². The largest absolute Gasteiger partial charge is 0.487 e. The zero-order chi connectivity index (χ0) is 15.9. The number of benzene rings is 1. The Bertz CT molecular complexity index is 708. The van der Waals surface area contributed by atoms with Gasteiger partial charge in [-0.2, -0.15) is 5.26 Å². The van der Waals surface area contributed by atoms with Crippen LogP contribution in [-0.4, -0.2) is 23.1 Å². The van der Waals surface area contributed by atoms with Crippen molar-refractivity contribution in [2.75, 3.05) is 13.2 Å². The zero-order valence-corrected chi connectivity index (χ0v) is 12.8. The van der Waals surface area contributed by atoms with E-state index in [4.69, 9.17) is 15.7 Å². The Kier molecular flexibility index (Phi) is 5.63. The van der Waals surface area contributed by atoms with Crippen molar-refractivity contribution in [3.05, 3.63) is 27.3 Å². The van der Waals surface area contributed by atoms with Gasteiger partial charge in [-0.1, -0.05) is 24.2 Å². The SMILES string of the molecule is N#Cc1nc2ccc(OCCCCCCN)c([N+](=O)[O-])c2s1. The number of nitrogens with two attached hydrogens (primary N) is 1. The fourth-order valence-corrected chi connectivity index (χ4v) is 2.95. The van der Waals surface area contributed by atoms with Crippen molar-refractivity contribution < 1.29 is 9.66 Å². The van der Waals surface area contributed by atoms with Crippen LogP contribution in [0.3, 0.4) is 0 Å². The van der Waals surface area contributed by atoms with Gasteiger partial charge in [0.05, 0.1) is 17.0 Å². The third-order valence-electron chi connectivity index (χ3n) is 3.13. The average Bonchev–Trinajstić information content (AvgIpc) is 2.93. The highest BCUT2D eigenvalue weighted by atomic mass is 32.1. The Balaban J connectivity index is 2.14. The summed E-state index contributed by atoms with van der Waals surface area (Å²) >= 11 is 1.01. The number of nitriles is 1. The summed E-state index contributed by atoms with van der Waals surface area (Å²) in [4.78, 5) is 14.9. The van der Waals surface area contributed by atoms with E-state index < -0.39 is 4.92 Å². The number of fused-ring (bicyclic) bond motifs is 1. The molecule has 0 aliphatic rings. The third-order valence-corrected chi connectivity index (χ3v) is 4.11. The minimum absolute atomic E-state index is 0.113. The Morgan fingerprint density at radius 3 is 2.82 bits per heavy atom. The van der Waals surface area contributed by atoms with Gasteiger partial charge in [-0.25, -0.2) is 4.98 Å². The minimum atomic E-state index is -0.481. The Morgan fingerprint density at radius 2 is 2.14 bits per heavy atom.